The third-order valence-corrected chi connectivity index (χ3v) is 4.26. The Morgan fingerprint density at radius 1 is 0.926 bits per heavy atom. The summed E-state index contributed by atoms with van der Waals surface area (Å²) in [5.41, 5.74) is 2.10. The molecule has 0 aliphatic heterocycles. The average molecular weight is 361 g/mol. The summed E-state index contributed by atoms with van der Waals surface area (Å²) in [6.45, 7) is 3.53. The van der Waals surface area contributed by atoms with Crippen LogP contribution in [0.2, 0.25) is 0 Å². The molecule has 0 bridgehead atoms. The van der Waals surface area contributed by atoms with E-state index in [0.717, 1.165) is 17.5 Å². The summed E-state index contributed by atoms with van der Waals surface area (Å²) in [5.74, 6) is -0.164. The number of benzene rings is 2. The van der Waals surface area contributed by atoms with Crippen LogP contribution in [0, 0.1) is 0 Å². The molecule has 3 aromatic rings. The summed E-state index contributed by atoms with van der Waals surface area (Å²) in [4.78, 5) is 26.9. The Hall–Kier alpha value is -3.21. The molecule has 0 unspecified atom stereocenters. The molecule has 0 atom stereocenters. The topological polar surface area (TPSA) is 55.2 Å². The van der Waals surface area contributed by atoms with Crippen molar-refractivity contribution in [2.75, 3.05) is 6.54 Å². The van der Waals surface area contributed by atoms with E-state index in [1.165, 1.54) is 16.8 Å². The first-order valence-electron chi connectivity index (χ1n) is 9.12. The van der Waals surface area contributed by atoms with E-state index in [1.807, 2.05) is 67.6 Å². The lowest BCUT2D eigenvalue weighted by molar-refractivity contribution is 0.0734. The molecule has 0 aliphatic carbocycles. The monoisotopic (exact) mass is 361 g/mol. The molecule has 138 valence electrons. The molecule has 2 aromatic carbocycles. The van der Waals surface area contributed by atoms with Crippen LogP contribution in [0.4, 0.5) is 0 Å². The highest BCUT2D eigenvalue weighted by molar-refractivity contribution is 5.92. The van der Waals surface area contributed by atoms with Crippen LogP contribution in [-0.4, -0.2) is 27.1 Å². The van der Waals surface area contributed by atoms with Gasteiger partial charge in [-0.05, 0) is 23.6 Å². The predicted molar refractivity (Wildman–Crippen MR) is 106 cm³/mol. The molecular weight excluding hydrogens is 338 g/mol. The summed E-state index contributed by atoms with van der Waals surface area (Å²) in [6.07, 6.45) is 0.849. The molecule has 1 amide bonds. The van der Waals surface area contributed by atoms with Crippen LogP contribution in [0.1, 0.15) is 35.0 Å². The Kier molecular flexibility index (Phi) is 6.15. The molecule has 0 saturated heterocycles. The first-order valence-corrected chi connectivity index (χ1v) is 9.12. The molecule has 0 N–H and O–H groups in total. The van der Waals surface area contributed by atoms with Gasteiger partial charge < -0.3 is 4.90 Å². The lowest BCUT2D eigenvalue weighted by Gasteiger charge is -2.22. The fourth-order valence-corrected chi connectivity index (χ4v) is 2.92. The fourth-order valence-electron chi connectivity index (χ4n) is 2.92. The minimum absolute atomic E-state index is 0.164. The molecule has 0 spiro atoms. The lowest BCUT2D eigenvalue weighted by atomic mass is 10.2. The van der Waals surface area contributed by atoms with Gasteiger partial charge in [-0.25, -0.2) is 4.68 Å². The van der Waals surface area contributed by atoms with Crippen molar-refractivity contribution in [3.8, 4) is 0 Å². The standard InChI is InChI=1S/C22H23N3O2/c1-2-15-24(16-18-9-5-3-6-10-18)22(27)20-13-14-21(26)25(23-20)17-19-11-7-4-8-12-19/h3-14H,2,15-17H2,1H3. The molecule has 0 fully saturated rings. The number of hydrogen-bond acceptors (Lipinski definition) is 3. The molecular formula is C22H23N3O2. The molecule has 3 rings (SSSR count). The van der Waals surface area contributed by atoms with Crippen molar-refractivity contribution in [1.82, 2.24) is 14.7 Å². The second-order valence-corrected chi connectivity index (χ2v) is 6.41. The van der Waals surface area contributed by atoms with Gasteiger partial charge in [0.2, 0.25) is 0 Å². The second kappa shape index (κ2) is 8.94. The zero-order chi connectivity index (χ0) is 19.1. The molecule has 1 heterocycles. The van der Waals surface area contributed by atoms with E-state index in [-0.39, 0.29) is 17.2 Å². The van der Waals surface area contributed by atoms with Crippen LogP contribution in [0.5, 0.6) is 0 Å². The highest BCUT2D eigenvalue weighted by Crippen LogP contribution is 2.09. The SMILES string of the molecule is CCCN(Cc1ccccc1)C(=O)c1ccc(=O)n(Cc2ccccc2)n1. The molecule has 0 saturated carbocycles. The van der Waals surface area contributed by atoms with Gasteiger partial charge in [-0.15, -0.1) is 0 Å². The van der Waals surface area contributed by atoms with Gasteiger partial charge in [-0.3, -0.25) is 9.59 Å². The third-order valence-electron chi connectivity index (χ3n) is 4.26. The summed E-state index contributed by atoms with van der Waals surface area (Å²) in [6, 6.07) is 22.4. The molecule has 5 nitrogen and oxygen atoms in total. The first-order chi connectivity index (χ1) is 13.2. The van der Waals surface area contributed by atoms with Crippen molar-refractivity contribution >= 4 is 5.91 Å². The zero-order valence-corrected chi connectivity index (χ0v) is 15.4. The summed E-state index contributed by atoms with van der Waals surface area (Å²) in [7, 11) is 0. The Bertz CT molecular complexity index is 937. The predicted octanol–water partition coefficient (Wildman–Crippen LogP) is 3.34. The largest absolute Gasteiger partial charge is 0.333 e. The van der Waals surface area contributed by atoms with Gasteiger partial charge >= 0.3 is 0 Å². The number of nitrogens with zero attached hydrogens (tertiary/aromatic N) is 3. The number of carbonyl (C=O) groups is 1. The molecule has 0 aliphatic rings. The first kappa shape index (κ1) is 18.6. The normalized spacial score (nSPS) is 10.6. The highest BCUT2D eigenvalue weighted by atomic mass is 16.2. The zero-order valence-electron chi connectivity index (χ0n) is 15.4. The molecule has 1 aromatic heterocycles. The molecule has 0 radical (unpaired) electrons. The lowest BCUT2D eigenvalue weighted by Crippen LogP contribution is -2.34. The average Bonchev–Trinajstić information content (AvgIpc) is 2.70. The number of amides is 1. The van der Waals surface area contributed by atoms with E-state index in [1.54, 1.807) is 4.90 Å². The van der Waals surface area contributed by atoms with E-state index >= 15 is 0 Å². The maximum Gasteiger partial charge on any atom is 0.274 e. The van der Waals surface area contributed by atoms with Crippen LogP contribution in [0.25, 0.3) is 0 Å². The number of carbonyl (C=O) groups excluding carboxylic acids is 1. The van der Waals surface area contributed by atoms with Gasteiger partial charge in [0.15, 0.2) is 0 Å². The highest BCUT2D eigenvalue weighted by Gasteiger charge is 2.18. The van der Waals surface area contributed by atoms with Crippen LogP contribution in [-0.2, 0) is 13.1 Å². The number of aromatic nitrogens is 2. The maximum atomic E-state index is 13.0. The Balaban J connectivity index is 1.83. The Morgan fingerprint density at radius 2 is 1.56 bits per heavy atom. The maximum absolute atomic E-state index is 13.0. The van der Waals surface area contributed by atoms with E-state index in [9.17, 15) is 9.59 Å². The van der Waals surface area contributed by atoms with Gasteiger partial charge in [0.05, 0.1) is 6.54 Å². The van der Waals surface area contributed by atoms with Crippen molar-refractivity contribution < 1.29 is 4.79 Å². The quantitative estimate of drug-likeness (QED) is 0.648. The molecule has 27 heavy (non-hydrogen) atoms. The van der Waals surface area contributed by atoms with Gasteiger partial charge in [-0.2, -0.15) is 5.10 Å². The van der Waals surface area contributed by atoms with E-state index in [0.29, 0.717) is 19.6 Å². The van der Waals surface area contributed by atoms with Crippen LogP contribution < -0.4 is 5.56 Å². The van der Waals surface area contributed by atoms with Gasteiger partial charge in [0, 0.05) is 19.2 Å². The minimum Gasteiger partial charge on any atom is -0.333 e. The number of rotatable bonds is 7. The smallest absolute Gasteiger partial charge is 0.274 e. The van der Waals surface area contributed by atoms with Crippen LogP contribution >= 0.6 is 0 Å². The number of hydrogen-bond donors (Lipinski definition) is 0. The van der Waals surface area contributed by atoms with Gasteiger partial charge in [-0.1, -0.05) is 67.6 Å². The van der Waals surface area contributed by atoms with Crippen LogP contribution in [0.3, 0.4) is 0 Å². The Labute approximate surface area is 158 Å². The minimum atomic E-state index is -0.222. The fraction of sp³-hybridized carbons (Fsp3) is 0.227. The molecule has 5 heteroatoms. The van der Waals surface area contributed by atoms with Gasteiger partial charge in [0.25, 0.3) is 11.5 Å². The van der Waals surface area contributed by atoms with Crippen LogP contribution in [0.15, 0.2) is 77.6 Å². The van der Waals surface area contributed by atoms with Crippen molar-refractivity contribution in [3.05, 3.63) is 100.0 Å². The van der Waals surface area contributed by atoms with E-state index < -0.39 is 0 Å². The summed E-state index contributed by atoms with van der Waals surface area (Å²) < 4.78 is 1.34. The van der Waals surface area contributed by atoms with Gasteiger partial charge in [0.1, 0.15) is 5.69 Å². The van der Waals surface area contributed by atoms with Crippen molar-refractivity contribution in [2.45, 2.75) is 26.4 Å². The summed E-state index contributed by atoms with van der Waals surface area (Å²) >= 11 is 0. The van der Waals surface area contributed by atoms with E-state index in [4.69, 9.17) is 0 Å². The van der Waals surface area contributed by atoms with E-state index in [2.05, 4.69) is 5.10 Å². The van der Waals surface area contributed by atoms with Crippen molar-refractivity contribution in [3.63, 3.8) is 0 Å². The second-order valence-electron chi connectivity index (χ2n) is 6.41. The van der Waals surface area contributed by atoms with Crippen molar-refractivity contribution in [1.29, 1.82) is 0 Å². The third kappa shape index (κ3) is 4.91. The van der Waals surface area contributed by atoms with Crippen molar-refractivity contribution in [2.24, 2.45) is 0 Å². The summed E-state index contributed by atoms with van der Waals surface area (Å²) in [5, 5.41) is 4.33. The Morgan fingerprint density at radius 3 is 2.19 bits per heavy atom.